The Hall–Kier alpha value is 0.230. The molecular formula is C12H25N3S. The number of piperazine rings is 1. The molecule has 2 heterocycles. The highest BCUT2D eigenvalue weighted by Gasteiger charge is 2.25. The highest BCUT2D eigenvalue weighted by molar-refractivity contribution is 7.99. The molecule has 0 aromatic rings. The third-order valence-corrected chi connectivity index (χ3v) is 4.43. The Morgan fingerprint density at radius 2 is 1.75 bits per heavy atom. The zero-order valence-corrected chi connectivity index (χ0v) is 11.5. The second-order valence-electron chi connectivity index (χ2n) is 5.54. The lowest BCUT2D eigenvalue weighted by Crippen LogP contribution is -2.58. The van der Waals surface area contributed by atoms with Crippen LogP contribution in [-0.4, -0.2) is 72.7 Å². The maximum atomic E-state index is 3.57. The highest BCUT2D eigenvalue weighted by Crippen LogP contribution is 2.11. The van der Waals surface area contributed by atoms with Crippen LogP contribution in [-0.2, 0) is 0 Å². The van der Waals surface area contributed by atoms with E-state index in [2.05, 4.69) is 40.7 Å². The van der Waals surface area contributed by atoms with Crippen LogP contribution in [0, 0.1) is 0 Å². The fraction of sp³-hybridized carbons (Fsp3) is 1.00. The molecule has 4 heteroatoms. The SMILES string of the molecule is CC1(C)CN(CCN2CCSCC2)CCN1. The van der Waals surface area contributed by atoms with E-state index in [1.165, 1.54) is 50.8 Å². The monoisotopic (exact) mass is 243 g/mol. The zero-order chi connectivity index (χ0) is 11.4. The van der Waals surface area contributed by atoms with E-state index in [1.54, 1.807) is 0 Å². The summed E-state index contributed by atoms with van der Waals surface area (Å²) >= 11 is 2.09. The number of nitrogens with zero attached hydrogens (tertiary/aromatic N) is 2. The summed E-state index contributed by atoms with van der Waals surface area (Å²) in [6.07, 6.45) is 0. The van der Waals surface area contributed by atoms with Crippen molar-refractivity contribution in [1.29, 1.82) is 0 Å². The van der Waals surface area contributed by atoms with Crippen LogP contribution in [0.15, 0.2) is 0 Å². The Morgan fingerprint density at radius 1 is 1.06 bits per heavy atom. The molecular weight excluding hydrogens is 218 g/mol. The van der Waals surface area contributed by atoms with Gasteiger partial charge in [0.1, 0.15) is 0 Å². The third kappa shape index (κ3) is 3.91. The van der Waals surface area contributed by atoms with Crippen molar-refractivity contribution in [2.75, 3.05) is 57.3 Å². The number of hydrogen-bond donors (Lipinski definition) is 1. The molecule has 2 fully saturated rings. The van der Waals surface area contributed by atoms with Crippen molar-refractivity contribution in [1.82, 2.24) is 15.1 Å². The van der Waals surface area contributed by atoms with Gasteiger partial charge in [-0.15, -0.1) is 0 Å². The minimum Gasteiger partial charge on any atom is -0.309 e. The average Bonchev–Trinajstić information content (AvgIpc) is 2.27. The van der Waals surface area contributed by atoms with Crippen LogP contribution in [0.25, 0.3) is 0 Å². The molecule has 16 heavy (non-hydrogen) atoms. The maximum absolute atomic E-state index is 3.57. The summed E-state index contributed by atoms with van der Waals surface area (Å²) < 4.78 is 0. The van der Waals surface area contributed by atoms with E-state index in [4.69, 9.17) is 0 Å². The quantitative estimate of drug-likeness (QED) is 0.787. The summed E-state index contributed by atoms with van der Waals surface area (Å²) in [7, 11) is 0. The molecule has 0 unspecified atom stereocenters. The third-order valence-electron chi connectivity index (χ3n) is 3.49. The molecule has 0 atom stereocenters. The van der Waals surface area contributed by atoms with Crippen LogP contribution in [0.2, 0.25) is 0 Å². The smallest absolute Gasteiger partial charge is 0.0252 e. The average molecular weight is 243 g/mol. The van der Waals surface area contributed by atoms with Crippen molar-refractivity contribution in [3.05, 3.63) is 0 Å². The van der Waals surface area contributed by atoms with Crippen molar-refractivity contribution in [2.45, 2.75) is 19.4 Å². The molecule has 1 N–H and O–H groups in total. The minimum absolute atomic E-state index is 0.302. The summed E-state index contributed by atoms with van der Waals surface area (Å²) in [5, 5.41) is 3.57. The number of hydrogen-bond acceptors (Lipinski definition) is 4. The van der Waals surface area contributed by atoms with E-state index in [-0.39, 0.29) is 0 Å². The van der Waals surface area contributed by atoms with Crippen molar-refractivity contribution < 1.29 is 0 Å². The van der Waals surface area contributed by atoms with Gasteiger partial charge in [-0.3, -0.25) is 4.90 Å². The van der Waals surface area contributed by atoms with Crippen LogP contribution in [0.4, 0.5) is 0 Å². The molecule has 0 aromatic heterocycles. The molecule has 0 spiro atoms. The topological polar surface area (TPSA) is 18.5 Å². The molecule has 2 aliphatic rings. The first kappa shape index (κ1) is 12.7. The minimum atomic E-state index is 0.302. The standard InChI is InChI=1S/C12H25N3S/c1-12(2)11-15(4-3-13-12)6-5-14-7-9-16-10-8-14/h13H,3-11H2,1-2H3. The molecule has 2 aliphatic heterocycles. The summed E-state index contributed by atoms with van der Waals surface area (Å²) in [6, 6.07) is 0. The Bertz CT molecular complexity index is 214. The van der Waals surface area contributed by atoms with Gasteiger partial charge in [0.25, 0.3) is 0 Å². The van der Waals surface area contributed by atoms with Gasteiger partial charge in [0.05, 0.1) is 0 Å². The Kier molecular flexibility index (Phi) is 4.53. The zero-order valence-electron chi connectivity index (χ0n) is 10.7. The van der Waals surface area contributed by atoms with Gasteiger partial charge in [-0.05, 0) is 13.8 Å². The van der Waals surface area contributed by atoms with Crippen LogP contribution in [0.5, 0.6) is 0 Å². The lowest BCUT2D eigenvalue weighted by atomic mass is 10.0. The molecule has 2 saturated heterocycles. The molecule has 0 amide bonds. The van der Waals surface area contributed by atoms with Crippen molar-refractivity contribution in [2.24, 2.45) is 0 Å². The van der Waals surface area contributed by atoms with Crippen molar-refractivity contribution >= 4 is 11.8 Å². The van der Waals surface area contributed by atoms with E-state index >= 15 is 0 Å². The first-order valence-electron chi connectivity index (χ1n) is 6.43. The summed E-state index contributed by atoms with van der Waals surface area (Å²) in [5.41, 5.74) is 0.302. The van der Waals surface area contributed by atoms with Crippen molar-refractivity contribution in [3.8, 4) is 0 Å². The molecule has 94 valence electrons. The largest absolute Gasteiger partial charge is 0.309 e. The summed E-state index contributed by atoms with van der Waals surface area (Å²) in [4.78, 5) is 5.23. The number of nitrogens with one attached hydrogen (secondary N) is 1. The van der Waals surface area contributed by atoms with Gasteiger partial charge in [-0.25, -0.2) is 0 Å². The molecule has 0 aliphatic carbocycles. The molecule has 0 bridgehead atoms. The first-order chi connectivity index (χ1) is 7.66. The van der Waals surface area contributed by atoms with Gasteiger partial charge < -0.3 is 10.2 Å². The van der Waals surface area contributed by atoms with Crippen LogP contribution < -0.4 is 5.32 Å². The van der Waals surface area contributed by atoms with E-state index in [9.17, 15) is 0 Å². The van der Waals surface area contributed by atoms with E-state index in [0.717, 1.165) is 6.54 Å². The molecule has 0 radical (unpaired) electrons. The Balaban J connectivity index is 1.68. The normalized spacial score (nSPS) is 28.1. The Labute approximate surface area is 104 Å². The predicted molar refractivity (Wildman–Crippen MR) is 72.3 cm³/mol. The first-order valence-corrected chi connectivity index (χ1v) is 7.59. The molecule has 2 rings (SSSR count). The molecule has 0 aromatic carbocycles. The highest BCUT2D eigenvalue weighted by atomic mass is 32.2. The summed E-state index contributed by atoms with van der Waals surface area (Å²) in [5.74, 6) is 2.65. The number of thioether (sulfide) groups is 1. The second-order valence-corrected chi connectivity index (χ2v) is 6.77. The van der Waals surface area contributed by atoms with Crippen molar-refractivity contribution in [3.63, 3.8) is 0 Å². The van der Waals surface area contributed by atoms with E-state index < -0.39 is 0 Å². The van der Waals surface area contributed by atoms with Crippen LogP contribution >= 0.6 is 11.8 Å². The molecule has 0 saturated carbocycles. The van der Waals surface area contributed by atoms with E-state index in [1.807, 2.05) is 0 Å². The van der Waals surface area contributed by atoms with Gasteiger partial charge >= 0.3 is 0 Å². The van der Waals surface area contributed by atoms with Gasteiger partial charge in [0, 0.05) is 62.9 Å². The van der Waals surface area contributed by atoms with Gasteiger partial charge in [0.15, 0.2) is 0 Å². The molecule has 3 nitrogen and oxygen atoms in total. The van der Waals surface area contributed by atoms with Crippen LogP contribution in [0.3, 0.4) is 0 Å². The van der Waals surface area contributed by atoms with Gasteiger partial charge in [-0.2, -0.15) is 11.8 Å². The fourth-order valence-corrected chi connectivity index (χ4v) is 3.52. The lowest BCUT2D eigenvalue weighted by molar-refractivity contribution is 0.137. The van der Waals surface area contributed by atoms with Gasteiger partial charge in [0.2, 0.25) is 0 Å². The van der Waals surface area contributed by atoms with Gasteiger partial charge in [-0.1, -0.05) is 0 Å². The predicted octanol–water partition coefficient (Wildman–Crippen LogP) is 0.719. The lowest BCUT2D eigenvalue weighted by Gasteiger charge is -2.40. The fourth-order valence-electron chi connectivity index (χ4n) is 2.54. The summed E-state index contributed by atoms with van der Waals surface area (Å²) in [6.45, 7) is 13.2. The Morgan fingerprint density at radius 3 is 2.44 bits per heavy atom. The van der Waals surface area contributed by atoms with E-state index in [0.29, 0.717) is 5.54 Å². The van der Waals surface area contributed by atoms with Crippen LogP contribution in [0.1, 0.15) is 13.8 Å². The number of rotatable bonds is 3. The second kappa shape index (κ2) is 5.71. The maximum Gasteiger partial charge on any atom is 0.0252 e.